The Morgan fingerprint density at radius 2 is 1.73 bits per heavy atom. The number of hydrogen-bond donors (Lipinski definition) is 0. The zero-order valence-corrected chi connectivity index (χ0v) is 7.71. The van der Waals surface area contributed by atoms with Crippen molar-refractivity contribution >= 4 is 29.3 Å². The molecule has 0 amide bonds. The van der Waals surface area contributed by atoms with Crippen LogP contribution in [-0.4, -0.2) is 0 Å². The molecule has 0 unspecified atom stereocenters. The van der Waals surface area contributed by atoms with Gasteiger partial charge in [0, 0.05) is 10.0 Å². The fourth-order valence-corrected chi connectivity index (χ4v) is 1.29. The Labute approximate surface area is 76.4 Å². The minimum atomic E-state index is 0.687. The van der Waals surface area contributed by atoms with Crippen LogP contribution in [0.5, 0.6) is 0 Å². The highest BCUT2D eigenvalue weighted by Crippen LogP contribution is 2.25. The maximum Gasteiger partial charge on any atom is 0.0455 e. The fraction of sp³-hybridized carbons (Fsp3) is 0.111. The van der Waals surface area contributed by atoms with Gasteiger partial charge in [0.05, 0.1) is 0 Å². The summed E-state index contributed by atoms with van der Waals surface area (Å²) in [5.74, 6) is 0. The summed E-state index contributed by atoms with van der Waals surface area (Å²) in [7, 11) is 0. The van der Waals surface area contributed by atoms with Gasteiger partial charge in [0.1, 0.15) is 0 Å². The first-order chi connectivity index (χ1) is 5.15. The maximum absolute atomic E-state index is 5.87. The van der Waals surface area contributed by atoms with Crippen molar-refractivity contribution in [2.75, 3.05) is 0 Å². The molecule has 0 N–H and O–H groups in total. The predicted octanol–water partition coefficient (Wildman–Crippen LogP) is 3.94. The lowest BCUT2D eigenvalue weighted by Crippen LogP contribution is -1.79. The van der Waals surface area contributed by atoms with E-state index < -0.39 is 0 Å². The Hall–Kier alpha value is -0.460. The molecule has 0 spiro atoms. The van der Waals surface area contributed by atoms with Crippen LogP contribution < -0.4 is 0 Å². The summed E-state index contributed by atoms with van der Waals surface area (Å²) in [6.45, 7) is 5.51. The second kappa shape index (κ2) is 3.29. The highest BCUT2D eigenvalue weighted by Gasteiger charge is 2.00. The topological polar surface area (TPSA) is 0 Å². The number of hydrogen-bond acceptors (Lipinski definition) is 0. The molecule has 0 heterocycles. The van der Waals surface area contributed by atoms with Crippen LogP contribution >= 0.6 is 23.2 Å². The van der Waals surface area contributed by atoms with Crippen LogP contribution in [0.2, 0.25) is 10.0 Å². The third kappa shape index (κ3) is 1.76. The molecule has 2 heteroatoms. The first-order valence-electron chi connectivity index (χ1n) is 3.23. The van der Waals surface area contributed by atoms with Crippen molar-refractivity contribution < 1.29 is 0 Å². The number of halogens is 2. The van der Waals surface area contributed by atoms with Crippen LogP contribution in [-0.2, 0) is 0 Å². The predicted molar refractivity (Wildman–Crippen MR) is 51.3 cm³/mol. The summed E-state index contributed by atoms with van der Waals surface area (Å²) >= 11 is 11.7. The fourth-order valence-electron chi connectivity index (χ4n) is 0.783. The summed E-state index contributed by atoms with van der Waals surface area (Å²) in [4.78, 5) is 0. The molecule has 58 valence electrons. The Morgan fingerprint density at radius 3 is 2.09 bits per heavy atom. The maximum atomic E-state index is 5.87. The van der Waals surface area contributed by atoms with E-state index in [-0.39, 0.29) is 0 Å². The zero-order chi connectivity index (χ0) is 8.43. The van der Waals surface area contributed by atoms with Crippen LogP contribution in [0, 0.1) is 6.92 Å². The third-order valence-electron chi connectivity index (χ3n) is 1.54. The van der Waals surface area contributed by atoms with Crippen LogP contribution in [0.3, 0.4) is 0 Å². The summed E-state index contributed by atoms with van der Waals surface area (Å²) < 4.78 is 0. The first kappa shape index (κ1) is 8.63. The summed E-state index contributed by atoms with van der Waals surface area (Å²) in [5.41, 5.74) is 1.87. The van der Waals surface area contributed by atoms with Crippen molar-refractivity contribution in [1.82, 2.24) is 0 Å². The van der Waals surface area contributed by atoms with E-state index in [1.54, 1.807) is 6.08 Å². The van der Waals surface area contributed by atoms with E-state index in [0.29, 0.717) is 10.0 Å². The van der Waals surface area contributed by atoms with Gasteiger partial charge in [-0.15, -0.1) is 0 Å². The van der Waals surface area contributed by atoms with Gasteiger partial charge in [-0.2, -0.15) is 0 Å². The molecule has 1 aromatic carbocycles. The first-order valence-corrected chi connectivity index (χ1v) is 3.99. The molecule has 0 aliphatic carbocycles. The molecule has 0 nitrogen and oxygen atoms in total. The van der Waals surface area contributed by atoms with Crippen molar-refractivity contribution in [2.45, 2.75) is 6.92 Å². The summed E-state index contributed by atoms with van der Waals surface area (Å²) in [6, 6.07) is 3.69. The molecule has 0 atom stereocenters. The van der Waals surface area contributed by atoms with Crippen LogP contribution in [0.25, 0.3) is 6.08 Å². The lowest BCUT2D eigenvalue weighted by Gasteiger charge is -2.01. The molecule has 0 radical (unpaired) electrons. The Kier molecular flexibility index (Phi) is 2.58. The molecular weight excluding hydrogens is 179 g/mol. The van der Waals surface area contributed by atoms with Gasteiger partial charge >= 0.3 is 0 Å². The van der Waals surface area contributed by atoms with Gasteiger partial charge in [-0.25, -0.2) is 0 Å². The molecule has 0 fully saturated rings. The highest BCUT2D eigenvalue weighted by molar-refractivity contribution is 6.36. The molecule has 0 saturated heterocycles. The van der Waals surface area contributed by atoms with Crippen LogP contribution in [0.15, 0.2) is 18.7 Å². The molecule has 0 saturated carbocycles. The quantitative estimate of drug-likeness (QED) is 0.624. The van der Waals surface area contributed by atoms with E-state index in [0.717, 1.165) is 11.1 Å². The number of rotatable bonds is 1. The Morgan fingerprint density at radius 1 is 1.27 bits per heavy atom. The van der Waals surface area contributed by atoms with Gasteiger partial charge in [-0.3, -0.25) is 0 Å². The van der Waals surface area contributed by atoms with E-state index in [1.807, 2.05) is 19.1 Å². The lowest BCUT2D eigenvalue weighted by atomic mass is 10.1. The van der Waals surface area contributed by atoms with E-state index in [2.05, 4.69) is 6.58 Å². The van der Waals surface area contributed by atoms with E-state index in [4.69, 9.17) is 23.2 Å². The smallest absolute Gasteiger partial charge is 0.0455 e. The highest BCUT2D eigenvalue weighted by atomic mass is 35.5. The third-order valence-corrected chi connectivity index (χ3v) is 2.32. The van der Waals surface area contributed by atoms with Gasteiger partial charge in [0.2, 0.25) is 0 Å². The van der Waals surface area contributed by atoms with Gasteiger partial charge in [0.15, 0.2) is 0 Å². The van der Waals surface area contributed by atoms with E-state index in [9.17, 15) is 0 Å². The van der Waals surface area contributed by atoms with Gasteiger partial charge in [-0.05, 0) is 30.2 Å². The standard InChI is InChI=1S/C9H8Cl2/c1-3-7-4-8(10)6(2)9(11)5-7/h3-5H,1H2,2H3. The average molecular weight is 187 g/mol. The van der Waals surface area contributed by atoms with Crippen molar-refractivity contribution in [3.05, 3.63) is 39.9 Å². The normalized spacial score (nSPS) is 9.73. The Bertz CT molecular complexity index is 267. The lowest BCUT2D eigenvalue weighted by molar-refractivity contribution is 1.46. The SMILES string of the molecule is C=Cc1cc(Cl)c(C)c(Cl)c1. The summed E-state index contributed by atoms with van der Waals surface area (Å²) in [6.07, 6.45) is 1.72. The average Bonchev–Trinajstić information content (AvgIpc) is 1.99. The van der Waals surface area contributed by atoms with Crippen molar-refractivity contribution in [2.24, 2.45) is 0 Å². The molecule has 0 bridgehead atoms. The van der Waals surface area contributed by atoms with E-state index in [1.165, 1.54) is 0 Å². The van der Waals surface area contributed by atoms with Crippen LogP contribution in [0.4, 0.5) is 0 Å². The second-order valence-electron chi connectivity index (χ2n) is 2.31. The van der Waals surface area contributed by atoms with Gasteiger partial charge in [-0.1, -0.05) is 35.9 Å². The van der Waals surface area contributed by atoms with Gasteiger partial charge < -0.3 is 0 Å². The molecule has 11 heavy (non-hydrogen) atoms. The molecule has 1 rings (SSSR count). The minimum Gasteiger partial charge on any atom is -0.0985 e. The van der Waals surface area contributed by atoms with Crippen LogP contribution in [0.1, 0.15) is 11.1 Å². The molecule has 1 aromatic rings. The number of benzene rings is 1. The van der Waals surface area contributed by atoms with Crippen molar-refractivity contribution in [3.8, 4) is 0 Å². The zero-order valence-electron chi connectivity index (χ0n) is 6.20. The molecule has 0 aromatic heterocycles. The molecule has 0 aliphatic rings. The molecule has 0 aliphatic heterocycles. The molecular formula is C9H8Cl2. The van der Waals surface area contributed by atoms with Gasteiger partial charge in [0.25, 0.3) is 0 Å². The summed E-state index contributed by atoms with van der Waals surface area (Å²) in [5, 5.41) is 1.37. The van der Waals surface area contributed by atoms with Crippen molar-refractivity contribution in [1.29, 1.82) is 0 Å². The second-order valence-corrected chi connectivity index (χ2v) is 3.13. The Balaban J connectivity index is 3.31. The van der Waals surface area contributed by atoms with Crippen molar-refractivity contribution in [3.63, 3.8) is 0 Å². The largest absolute Gasteiger partial charge is 0.0985 e. The minimum absolute atomic E-state index is 0.687. The monoisotopic (exact) mass is 186 g/mol. The van der Waals surface area contributed by atoms with E-state index >= 15 is 0 Å².